The van der Waals surface area contributed by atoms with E-state index in [4.69, 9.17) is 4.74 Å². The molecule has 0 N–H and O–H groups in total. The molecule has 1 rings (SSSR count). The van der Waals surface area contributed by atoms with E-state index in [1.807, 2.05) is 0 Å². The molecule has 0 aromatic rings. The number of morpholine rings is 1. The Labute approximate surface area is 56.8 Å². The molecule has 0 saturated carbocycles. The third-order valence-corrected chi connectivity index (χ3v) is 1.50. The highest BCUT2D eigenvalue weighted by Gasteiger charge is 2.18. The first kappa shape index (κ1) is 7.03. The lowest BCUT2D eigenvalue weighted by molar-refractivity contribution is -0.0550. The monoisotopic (exact) mass is 128 g/mol. The lowest BCUT2D eigenvalue weighted by Crippen LogP contribution is -2.41. The first-order valence-corrected chi connectivity index (χ1v) is 3.39. The van der Waals surface area contributed by atoms with Crippen LogP contribution in [0.4, 0.5) is 0 Å². The minimum absolute atomic E-state index is 0.353. The molecule has 53 valence electrons. The quantitative estimate of drug-likeness (QED) is 0.480. The first-order valence-electron chi connectivity index (χ1n) is 3.39. The Morgan fingerprint density at radius 2 is 1.78 bits per heavy atom. The summed E-state index contributed by atoms with van der Waals surface area (Å²) in [6.45, 7) is 6.08. The van der Waals surface area contributed by atoms with Gasteiger partial charge in [0.2, 0.25) is 0 Å². The molecule has 0 amide bonds. The summed E-state index contributed by atoms with van der Waals surface area (Å²) in [5.41, 5.74) is 0. The lowest BCUT2D eigenvalue weighted by Gasteiger charge is -2.32. The topological polar surface area (TPSA) is 12.5 Å². The van der Waals surface area contributed by atoms with E-state index in [-0.39, 0.29) is 0 Å². The van der Waals surface area contributed by atoms with E-state index in [0.717, 1.165) is 13.1 Å². The zero-order chi connectivity index (χ0) is 6.85. The van der Waals surface area contributed by atoms with Crippen LogP contribution in [0.15, 0.2) is 0 Å². The first-order chi connectivity index (χ1) is 4.18. The summed E-state index contributed by atoms with van der Waals surface area (Å²) in [5, 5.41) is 0. The fraction of sp³-hybridized carbons (Fsp3) is 0.857. The average Bonchev–Trinajstić information content (AvgIpc) is 1.59. The van der Waals surface area contributed by atoms with Crippen LogP contribution in [0.1, 0.15) is 13.8 Å². The summed E-state index contributed by atoms with van der Waals surface area (Å²) < 4.78 is 5.47. The Balaban J connectivity index is 2.34. The van der Waals surface area contributed by atoms with Crippen molar-refractivity contribution in [2.24, 2.45) is 0 Å². The Kier molecular flexibility index (Phi) is 2.09. The number of hydrogen-bond acceptors (Lipinski definition) is 2. The molecule has 1 heterocycles. The molecule has 0 aliphatic carbocycles. The zero-order valence-electron chi connectivity index (χ0n) is 6.13. The highest BCUT2D eigenvalue weighted by Crippen LogP contribution is 2.08. The van der Waals surface area contributed by atoms with Crippen molar-refractivity contribution in [3.63, 3.8) is 0 Å². The summed E-state index contributed by atoms with van der Waals surface area (Å²) in [6.07, 6.45) is 0.706. The van der Waals surface area contributed by atoms with E-state index >= 15 is 0 Å². The highest BCUT2D eigenvalue weighted by atomic mass is 16.5. The maximum absolute atomic E-state index is 5.47. The fourth-order valence-electron chi connectivity index (χ4n) is 1.28. The largest absolute Gasteiger partial charge is 0.373 e. The normalized spacial score (nSPS) is 39.0. The minimum Gasteiger partial charge on any atom is -0.373 e. The van der Waals surface area contributed by atoms with Gasteiger partial charge in [0.15, 0.2) is 0 Å². The molecule has 0 aromatic carbocycles. The second kappa shape index (κ2) is 2.67. The van der Waals surface area contributed by atoms with Crippen LogP contribution >= 0.6 is 0 Å². The Bertz CT molecular complexity index is 69.9. The van der Waals surface area contributed by atoms with Crippen LogP contribution in [0.25, 0.3) is 0 Å². The molecule has 1 aliphatic rings. The van der Waals surface area contributed by atoms with E-state index in [1.165, 1.54) is 0 Å². The molecule has 2 atom stereocenters. The minimum atomic E-state index is 0.353. The third kappa shape index (κ3) is 1.95. The summed E-state index contributed by atoms with van der Waals surface area (Å²) in [6, 6.07) is 0. The zero-order valence-corrected chi connectivity index (χ0v) is 6.13. The molecule has 1 saturated heterocycles. The second-order valence-electron chi connectivity index (χ2n) is 2.79. The van der Waals surface area contributed by atoms with Gasteiger partial charge in [-0.3, -0.25) is 4.90 Å². The van der Waals surface area contributed by atoms with Crippen molar-refractivity contribution in [2.45, 2.75) is 26.1 Å². The molecular weight excluding hydrogens is 114 g/mol. The van der Waals surface area contributed by atoms with Crippen molar-refractivity contribution in [1.29, 1.82) is 0 Å². The predicted octanol–water partition coefficient (Wildman–Crippen LogP) is 0.887. The summed E-state index contributed by atoms with van der Waals surface area (Å²) in [5.74, 6) is 0. The smallest absolute Gasteiger partial charge is 0.0678 e. The van der Waals surface area contributed by atoms with Gasteiger partial charge in [0.25, 0.3) is 0 Å². The van der Waals surface area contributed by atoms with E-state index < -0.39 is 0 Å². The molecule has 0 bridgehead atoms. The maximum Gasteiger partial charge on any atom is 0.0678 e. The Hall–Kier alpha value is -0.0800. The molecule has 2 heteroatoms. The molecule has 1 fully saturated rings. The van der Waals surface area contributed by atoms with Crippen LogP contribution in [0.3, 0.4) is 0 Å². The number of ether oxygens (including phenoxy) is 1. The van der Waals surface area contributed by atoms with Gasteiger partial charge in [0.05, 0.1) is 12.2 Å². The van der Waals surface area contributed by atoms with E-state index in [9.17, 15) is 0 Å². The van der Waals surface area contributed by atoms with Crippen LogP contribution in [0.2, 0.25) is 0 Å². The van der Waals surface area contributed by atoms with Crippen molar-refractivity contribution in [3.05, 3.63) is 7.05 Å². The van der Waals surface area contributed by atoms with Crippen LogP contribution in [-0.4, -0.2) is 30.2 Å². The SMILES string of the molecule is [CH2]N1CC(C)OC(C)C1. The van der Waals surface area contributed by atoms with Gasteiger partial charge in [-0.25, -0.2) is 0 Å². The van der Waals surface area contributed by atoms with Crippen molar-refractivity contribution in [1.82, 2.24) is 4.90 Å². The fourth-order valence-corrected chi connectivity index (χ4v) is 1.28. The van der Waals surface area contributed by atoms with Crippen molar-refractivity contribution < 1.29 is 4.74 Å². The predicted molar refractivity (Wildman–Crippen MR) is 36.9 cm³/mol. The van der Waals surface area contributed by atoms with Gasteiger partial charge in [0.1, 0.15) is 0 Å². The van der Waals surface area contributed by atoms with Gasteiger partial charge < -0.3 is 4.74 Å². The van der Waals surface area contributed by atoms with Gasteiger partial charge in [-0.05, 0) is 13.8 Å². The molecule has 0 spiro atoms. The molecular formula is C7H14NO. The van der Waals surface area contributed by atoms with E-state index in [2.05, 4.69) is 25.8 Å². The van der Waals surface area contributed by atoms with Crippen LogP contribution in [0.5, 0.6) is 0 Å². The van der Waals surface area contributed by atoms with Crippen molar-refractivity contribution >= 4 is 0 Å². The van der Waals surface area contributed by atoms with E-state index in [0.29, 0.717) is 12.2 Å². The second-order valence-corrected chi connectivity index (χ2v) is 2.79. The van der Waals surface area contributed by atoms with Gasteiger partial charge in [-0.15, -0.1) is 0 Å². The molecule has 2 unspecified atom stereocenters. The number of rotatable bonds is 0. The van der Waals surface area contributed by atoms with Crippen LogP contribution in [-0.2, 0) is 4.74 Å². The van der Waals surface area contributed by atoms with Crippen molar-refractivity contribution in [2.75, 3.05) is 13.1 Å². The Morgan fingerprint density at radius 3 is 2.11 bits per heavy atom. The standard InChI is InChI=1S/C7H14NO/c1-6-4-8(3)5-7(2)9-6/h6-7H,3-5H2,1-2H3. The van der Waals surface area contributed by atoms with Gasteiger partial charge in [0, 0.05) is 20.1 Å². The van der Waals surface area contributed by atoms with Crippen molar-refractivity contribution in [3.8, 4) is 0 Å². The molecule has 9 heavy (non-hydrogen) atoms. The summed E-state index contributed by atoms with van der Waals surface area (Å²) in [4.78, 5) is 2.05. The number of nitrogens with zero attached hydrogens (tertiary/aromatic N) is 1. The Morgan fingerprint density at radius 1 is 1.33 bits per heavy atom. The average molecular weight is 128 g/mol. The molecule has 2 nitrogen and oxygen atoms in total. The highest BCUT2D eigenvalue weighted by molar-refractivity contribution is 4.71. The van der Waals surface area contributed by atoms with Crippen LogP contribution in [0, 0.1) is 7.05 Å². The maximum atomic E-state index is 5.47. The molecule has 1 aliphatic heterocycles. The van der Waals surface area contributed by atoms with Gasteiger partial charge >= 0.3 is 0 Å². The third-order valence-electron chi connectivity index (χ3n) is 1.50. The van der Waals surface area contributed by atoms with Crippen LogP contribution < -0.4 is 0 Å². The van der Waals surface area contributed by atoms with E-state index in [1.54, 1.807) is 0 Å². The molecule has 1 radical (unpaired) electrons. The summed E-state index contributed by atoms with van der Waals surface area (Å²) >= 11 is 0. The summed E-state index contributed by atoms with van der Waals surface area (Å²) in [7, 11) is 3.85. The lowest BCUT2D eigenvalue weighted by atomic mass is 10.2. The number of hydrogen-bond donors (Lipinski definition) is 0. The van der Waals surface area contributed by atoms with Gasteiger partial charge in [-0.2, -0.15) is 0 Å². The molecule has 0 aromatic heterocycles. The van der Waals surface area contributed by atoms with Gasteiger partial charge in [-0.1, -0.05) is 0 Å².